The molecule has 12 heteroatoms. The maximum Gasteiger partial charge on any atom is 0.198 e. The molecule has 3 N–H and O–H groups in total. The van der Waals surface area contributed by atoms with E-state index in [2.05, 4.69) is 20.6 Å². The number of nitrogens with zero attached hydrogens (tertiary/aromatic N) is 2. The molecule has 0 aliphatic carbocycles. The Morgan fingerprint density at radius 1 is 0.976 bits per heavy atom. The number of aldehydes is 1. The quantitative estimate of drug-likeness (QED) is 0.155. The van der Waals surface area contributed by atoms with Crippen LogP contribution in [-0.4, -0.2) is 67.9 Å². The maximum absolute atomic E-state index is 14.3. The van der Waals surface area contributed by atoms with Crippen molar-refractivity contribution in [3.05, 3.63) is 72.2 Å². The lowest BCUT2D eigenvalue weighted by atomic mass is 10.1. The fourth-order valence-electron chi connectivity index (χ4n) is 3.53. The van der Waals surface area contributed by atoms with E-state index in [4.69, 9.17) is 18.9 Å². The Bertz CT molecular complexity index is 1470. The van der Waals surface area contributed by atoms with E-state index in [1.165, 1.54) is 31.8 Å². The van der Waals surface area contributed by atoms with Gasteiger partial charge in [0.1, 0.15) is 24.7 Å². The molecule has 2 heterocycles. The largest absolute Gasteiger partial charge is 0.493 e. The number of pyridine rings is 2. The van der Waals surface area contributed by atoms with Crippen molar-refractivity contribution in [2.24, 2.45) is 0 Å². The number of carbonyl (C=O) groups is 1. The van der Waals surface area contributed by atoms with Gasteiger partial charge in [0.25, 0.3) is 0 Å². The minimum absolute atomic E-state index is 0.137. The van der Waals surface area contributed by atoms with E-state index >= 15 is 0 Å². The number of benzene rings is 2. The summed E-state index contributed by atoms with van der Waals surface area (Å²) in [5.41, 5.74) is 0.331. The minimum Gasteiger partial charge on any atom is -0.493 e. The zero-order chi connectivity index (χ0) is 30.7. The predicted molar refractivity (Wildman–Crippen MR) is 155 cm³/mol. The molecule has 0 saturated heterocycles. The average molecular weight is 585 g/mol. The lowest BCUT2D eigenvalue weighted by molar-refractivity contribution is 0.0281. The van der Waals surface area contributed by atoms with Crippen LogP contribution in [0.4, 0.5) is 14.5 Å². The first-order valence-electron chi connectivity index (χ1n) is 12.9. The van der Waals surface area contributed by atoms with Gasteiger partial charge in [-0.1, -0.05) is 0 Å². The molecule has 0 aliphatic rings. The van der Waals surface area contributed by atoms with E-state index in [1.54, 1.807) is 39.1 Å². The average Bonchev–Trinajstić information content (AvgIpc) is 2.97. The van der Waals surface area contributed by atoms with Crippen molar-refractivity contribution >= 4 is 22.9 Å². The second-order valence-electron chi connectivity index (χ2n) is 9.53. The van der Waals surface area contributed by atoms with E-state index in [9.17, 15) is 18.7 Å². The van der Waals surface area contributed by atoms with Crippen LogP contribution in [0.5, 0.6) is 28.7 Å². The molecule has 0 atom stereocenters. The summed E-state index contributed by atoms with van der Waals surface area (Å²) in [6, 6.07) is 8.83. The molecular formula is C30H34F2N4O6. The second kappa shape index (κ2) is 14.9. The highest BCUT2D eigenvalue weighted by atomic mass is 19.1. The maximum atomic E-state index is 14.3. The van der Waals surface area contributed by atoms with Crippen LogP contribution in [0, 0.1) is 11.6 Å². The zero-order valence-electron chi connectivity index (χ0n) is 24.0. The van der Waals surface area contributed by atoms with Crippen LogP contribution >= 0.6 is 0 Å². The van der Waals surface area contributed by atoms with Gasteiger partial charge >= 0.3 is 0 Å². The third kappa shape index (κ3) is 8.72. The lowest BCUT2D eigenvalue weighted by Gasteiger charge is -2.18. The first-order chi connectivity index (χ1) is 20.1. The Balaban J connectivity index is 0.000000291. The molecular weight excluding hydrogens is 550 g/mol. The number of nitrogens with one attached hydrogen (secondary N) is 2. The molecule has 42 heavy (non-hydrogen) atoms. The SMILES string of the molecule is CC(C)(O)COc1ccncc1C=O.CNCCOc1cc2nccc(Oc3c(F)cc(NC)cc3F)c2cc1OC. The number of aliphatic hydroxyl groups is 1. The smallest absolute Gasteiger partial charge is 0.198 e. The number of likely N-dealkylation sites (N-methyl/N-ethyl adjacent to an activating group) is 1. The number of aromatic nitrogens is 2. The molecule has 0 amide bonds. The van der Waals surface area contributed by atoms with E-state index in [-0.39, 0.29) is 12.4 Å². The van der Waals surface area contributed by atoms with Gasteiger partial charge in [-0.2, -0.15) is 0 Å². The summed E-state index contributed by atoms with van der Waals surface area (Å²) in [4.78, 5) is 18.6. The molecule has 0 unspecified atom stereocenters. The summed E-state index contributed by atoms with van der Waals surface area (Å²) in [6.07, 6.45) is 5.13. The molecule has 0 saturated carbocycles. The van der Waals surface area contributed by atoms with Crippen LogP contribution in [0.2, 0.25) is 0 Å². The van der Waals surface area contributed by atoms with Crippen LogP contribution in [0.3, 0.4) is 0 Å². The molecule has 4 rings (SSSR count). The van der Waals surface area contributed by atoms with Crippen LogP contribution in [0.1, 0.15) is 24.2 Å². The number of methoxy groups -OCH3 is 1. The lowest BCUT2D eigenvalue weighted by Crippen LogP contribution is -2.28. The number of rotatable bonds is 12. The summed E-state index contributed by atoms with van der Waals surface area (Å²) in [7, 11) is 4.92. The summed E-state index contributed by atoms with van der Waals surface area (Å²) in [5, 5.41) is 15.6. The number of anilines is 1. The van der Waals surface area contributed by atoms with Crippen molar-refractivity contribution in [2.45, 2.75) is 19.4 Å². The molecule has 0 fully saturated rings. The van der Waals surface area contributed by atoms with E-state index in [1.807, 2.05) is 7.05 Å². The fraction of sp³-hybridized carbons (Fsp3) is 0.300. The number of hydrogen-bond acceptors (Lipinski definition) is 10. The third-order valence-corrected chi connectivity index (χ3v) is 5.61. The molecule has 0 spiro atoms. The van der Waals surface area contributed by atoms with Gasteiger partial charge in [-0.25, -0.2) is 8.78 Å². The summed E-state index contributed by atoms with van der Waals surface area (Å²) in [6.45, 7) is 4.52. The van der Waals surface area contributed by atoms with Gasteiger partial charge in [-0.15, -0.1) is 0 Å². The number of carbonyl (C=O) groups excluding carboxylic acids is 1. The topological polar surface area (TPSA) is 124 Å². The minimum atomic E-state index is -0.913. The Morgan fingerprint density at radius 2 is 1.69 bits per heavy atom. The van der Waals surface area contributed by atoms with Crippen molar-refractivity contribution < 1.29 is 37.6 Å². The molecule has 10 nitrogen and oxygen atoms in total. The van der Waals surface area contributed by atoms with Gasteiger partial charge < -0.3 is 34.7 Å². The highest BCUT2D eigenvalue weighted by molar-refractivity contribution is 5.88. The van der Waals surface area contributed by atoms with Crippen molar-refractivity contribution in [2.75, 3.05) is 46.3 Å². The summed E-state index contributed by atoms with van der Waals surface area (Å²) >= 11 is 0. The summed E-state index contributed by atoms with van der Waals surface area (Å²) in [5.74, 6) is -0.433. The normalized spacial score (nSPS) is 10.9. The van der Waals surface area contributed by atoms with Crippen molar-refractivity contribution in [3.8, 4) is 28.7 Å². The fourth-order valence-corrected chi connectivity index (χ4v) is 3.53. The Hall–Kier alpha value is -4.55. The standard InChI is InChI=1S/C20H21F2N3O3.C10H13NO3/c1-23-6-7-27-19-11-16-13(10-18(19)26-3)17(4-5-25-16)28-20-14(21)8-12(24-2)9-15(20)22;1-10(2,13)7-14-9-3-4-11-5-8(9)6-12/h4-5,8-11,23-24H,6-7H2,1-3H3;3-6,13H,7H2,1-2H3. The Kier molecular flexibility index (Phi) is 11.3. The molecule has 4 aromatic rings. The molecule has 0 bridgehead atoms. The van der Waals surface area contributed by atoms with Crippen LogP contribution in [0.25, 0.3) is 10.9 Å². The van der Waals surface area contributed by atoms with Crippen LogP contribution in [0.15, 0.2) is 55.0 Å². The Morgan fingerprint density at radius 3 is 2.31 bits per heavy atom. The zero-order valence-corrected chi connectivity index (χ0v) is 24.0. The van der Waals surface area contributed by atoms with Gasteiger partial charge in [0.05, 0.1) is 23.8 Å². The third-order valence-electron chi connectivity index (χ3n) is 5.61. The van der Waals surface area contributed by atoms with E-state index < -0.39 is 23.0 Å². The molecule has 2 aromatic heterocycles. The van der Waals surface area contributed by atoms with Crippen LogP contribution in [-0.2, 0) is 0 Å². The van der Waals surface area contributed by atoms with Gasteiger partial charge in [-0.05, 0) is 39.1 Å². The van der Waals surface area contributed by atoms with Crippen LogP contribution < -0.4 is 29.6 Å². The van der Waals surface area contributed by atoms with E-state index in [0.29, 0.717) is 58.8 Å². The van der Waals surface area contributed by atoms with Gasteiger partial charge in [0.2, 0.25) is 0 Å². The molecule has 0 aliphatic heterocycles. The van der Waals surface area contributed by atoms with Crippen molar-refractivity contribution in [1.29, 1.82) is 0 Å². The predicted octanol–water partition coefficient (Wildman–Crippen LogP) is 5.00. The molecule has 2 aromatic carbocycles. The van der Waals surface area contributed by atoms with Gasteiger partial charge in [0, 0.05) is 61.5 Å². The van der Waals surface area contributed by atoms with Gasteiger partial charge in [-0.3, -0.25) is 14.8 Å². The van der Waals surface area contributed by atoms with Crippen molar-refractivity contribution in [3.63, 3.8) is 0 Å². The highest BCUT2D eigenvalue weighted by Gasteiger charge is 2.17. The van der Waals surface area contributed by atoms with Gasteiger partial charge in [0.15, 0.2) is 35.2 Å². The second-order valence-corrected chi connectivity index (χ2v) is 9.53. The first kappa shape index (κ1) is 32.0. The number of ether oxygens (including phenoxy) is 4. The first-order valence-corrected chi connectivity index (χ1v) is 12.9. The highest BCUT2D eigenvalue weighted by Crippen LogP contribution is 2.38. The number of fused-ring (bicyclic) bond motifs is 1. The summed E-state index contributed by atoms with van der Waals surface area (Å²) < 4.78 is 50.5. The van der Waals surface area contributed by atoms with E-state index in [0.717, 1.165) is 12.1 Å². The molecule has 0 radical (unpaired) electrons. The monoisotopic (exact) mass is 584 g/mol. The molecule has 224 valence electrons. The van der Waals surface area contributed by atoms with Crippen molar-refractivity contribution in [1.82, 2.24) is 15.3 Å². The number of halogens is 2. The number of hydrogen-bond donors (Lipinski definition) is 3. The Labute approximate surface area is 242 Å².